The van der Waals surface area contributed by atoms with Crippen molar-refractivity contribution in [2.45, 2.75) is 41.0 Å². The zero-order valence-corrected chi connectivity index (χ0v) is 14.3. The van der Waals surface area contributed by atoms with E-state index in [2.05, 4.69) is 50.2 Å². The Morgan fingerprint density at radius 3 is 2.62 bits per heavy atom. The SMILES string of the molecule is CCCNc1ccc(Cl)c(C(=O)NCC(C)(C)C(C)C)n1. The first-order valence-corrected chi connectivity index (χ1v) is 7.84. The van der Waals surface area contributed by atoms with Gasteiger partial charge in [0, 0.05) is 13.1 Å². The maximum atomic E-state index is 12.3. The van der Waals surface area contributed by atoms with Gasteiger partial charge in [0.15, 0.2) is 0 Å². The standard InChI is InChI=1S/C16H26ClN3O/c1-6-9-18-13-8-7-12(17)14(20-13)15(21)19-10-16(4,5)11(2)3/h7-8,11H,6,9-10H2,1-5H3,(H,18,20)(H,19,21). The number of carbonyl (C=O) groups is 1. The van der Waals surface area contributed by atoms with E-state index < -0.39 is 0 Å². The van der Waals surface area contributed by atoms with E-state index >= 15 is 0 Å². The van der Waals surface area contributed by atoms with E-state index in [1.165, 1.54) is 0 Å². The lowest BCUT2D eigenvalue weighted by atomic mass is 9.81. The molecule has 0 aliphatic rings. The zero-order valence-electron chi connectivity index (χ0n) is 13.6. The fraction of sp³-hybridized carbons (Fsp3) is 0.625. The summed E-state index contributed by atoms with van der Waals surface area (Å²) in [6, 6.07) is 3.49. The summed E-state index contributed by atoms with van der Waals surface area (Å²) >= 11 is 6.09. The van der Waals surface area contributed by atoms with Gasteiger partial charge >= 0.3 is 0 Å². The Kier molecular flexibility index (Phi) is 6.46. The fourth-order valence-electron chi connectivity index (χ4n) is 1.55. The Morgan fingerprint density at radius 2 is 2.05 bits per heavy atom. The minimum absolute atomic E-state index is 0.0280. The summed E-state index contributed by atoms with van der Waals surface area (Å²) in [6.07, 6.45) is 0.994. The van der Waals surface area contributed by atoms with E-state index in [0.29, 0.717) is 23.3 Å². The molecule has 1 rings (SSSR count). The minimum Gasteiger partial charge on any atom is -0.370 e. The maximum absolute atomic E-state index is 12.3. The highest BCUT2D eigenvalue weighted by atomic mass is 35.5. The molecule has 0 bridgehead atoms. The maximum Gasteiger partial charge on any atom is 0.271 e. The molecule has 0 saturated carbocycles. The minimum atomic E-state index is -0.228. The topological polar surface area (TPSA) is 54.0 Å². The van der Waals surface area contributed by atoms with Gasteiger partial charge in [-0.05, 0) is 29.9 Å². The predicted octanol–water partition coefficient (Wildman–Crippen LogP) is 3.97. The van der Waals surface area contributed by atoms with Gasteiger partial charge < -0.3 is 10.6 Å². The molecule has 0 fully saturated rings. The van der Waals surface area contributed by atoms with E-state index in [9.17, 15) is 4.79 Å². The first kappa shape index (κ1) is 17.8. The van der Waals surface area contributed by atoms with Crippen molar-refractivity contribution in [2.75, 3.05) is 18.4 Å². The first-order chi connectivity index (χ1) is 9.77. The van der Waals surface area contributed by atoms with Crippen molar-refractivity contribution < 1.29 is 4.79 Å². The summed E-state index contributed by atoms with van der Waals surface area (Å²) in [5.41, 5.74) is 0.303. The Morgan fingerprint density at radius 1 is 1.38 bits per heavy atom. The summed E-state index contributed by atoms with van der Waals surface area (Å²) in [7, 11) is 0. The fourth-order valence-corrected chi connectivity index (χ4v) is 1.74. The molecule has 5 heteroatoms. The molecule has 0 spiro atoms. The van der Waals surface area contributed by atoms with Crippen molar-refractivity contribution in [1.82, 2.24) is 10.3 Å². The van der Waals surface area contributed by atoms with Gasteiger partial charge in [-0.15, -0.1) is 0 Å². The Hall–Kier alpha value is -1.29. The van der Waals surface area contributed by atoms with Crippen LogP contribution in [0.5, 0.6) is 0 Å². The number of hydrogen-bond acceptors (Lipinski definition) is 3. The van der Waals surface area contributed by atoms with Crippen LogP contribution in [0.4, 0.5) is 5.82 Å². The van der Waals surface area contributed by atoms with Crippen LogP contribution in [0, 0.1) is 11.3 Å². The van der Waals surface area contributed by atoms with Crippen molar-refractivity contribution in [3.05, 3.63) is 22.8 Å². The van der Waals surface area contributed by atoms with Crippen LogP contribution in [-0.4, -0.2) is 24.0 Å². The normalized spacial score (nSPS) is 11.6. The molecule has 0 unspecified atom stereocenters. The lowest BCUT2D eigenvalue weighted by Gasteiger charge is -2.29. The Balaban J connectivity index is 2.77. The van der Waals surface area contributed by atoms with Crippen molar-refractivity contribution >= 4 is 23.3 Å². The lowest BCUT2D eigenvalue weighted by molar-refractivity contribution is 0.0920. The highest BCUT2D eigenvalue weighted by Gasteiger charge is 2.24. The van der Waals surface area contributed by atoms with Crippen molar-refractivity contribution in [3.8, 4) is 0 Å². The van der Waals surface area contributed by atoms with E-state index in [4.69, 9.17) is 11.6 Å². The second-order valence-corrected chi connectivity index (χ2v) is 6.69. The lowest BCUT2D eigenvalue weighted by Crippen LogP contribution is -2.37. The summed E-state index contributed by atoms with van der Waals surface area (Å²) in [5.74, 6) is 0.919. The van der Waals surface area contributed by atoms with Gasteiger partial charge in [0.2, 0.25) is 0 Å². The zero-order chi connectivity index (χ0) is 16.0. The van der Waals surface area contributed by atoms with Crippen molar-refractivity contribution in [1.29, 1.82) is 0 Å². The third-order valence-corrected chi connectivity index (χ3v) is 4.19. The largest absolute Gasteiger partial charge is 0.370 e. The molecule has 1 aromatic heterocycles. The summed E-state index contributed by atoms with van der Waals surface area (Å²) in [4.78, 5) is 16.6. The van der Waals surface area contributed by atoms with Crippen LogP contribution in [-0.2, 0) is 0 Å². The summed E-state index contributed by atoms with van der Waals surface area (Å²) in [6.45, 7) is 12.0. The van der Waals surface area contributed by atoms with Gasteiger partial charge in [-0.2, -0.15) is 0 Å². The second kappa shape index (κ2) is 7.64. The number of hydrogen-bond donors (Lipinski definition) is 2. The van der Waals surface area contributed by atoms with Crippen LogP contribution in [0.1, 0.15) is 51.5 Å². The molecule has 0 saturated heterocycles. The smallest absolute Gasteiger partial charge is 0.271 e. The highest BCUT2D eigenvalue weighted by Crippen LogP contribution is 2.25. The molecule has 0 radical (unpaired) electrons. The quantitative estimate of drug-likeness (QED) is 0.801. The number of amides is 1. The van der Waals surface area contributed by atoms with Gasteiger partial charge in [0.25, 0.3) is 5.91 Å². The van der Waals surface area contributed by atoms with E-state index in [0.717, 1.165) is 13.0 Å². The molecule has 1 amide bonds. The average Bonchev–Trinajstić information content (AvgIpc) is 2.43. The summed E-state index contributed by atoms with van der Waals surface area (Å²) < 4.78 is 0. The number of pyridine rings is 1. The van der Waals surface area contributed by atoms with Gasteiger partial charge in [-0.25, -0.2) is 4.98 Å². The van der Waals surface area contributed by atoms with Gasteiger partial charge in [-0.3, -0.25) is 4.79 Å². The molecule has 0 aromatic carbocycles. The number of nitrogens with one attached hydrogen (secondary N) is 2. The van der Waals surface area contributed by atoms with Gasteiger partial charge in [-0.1, -0.05) is 46.2 Å². The van der Waals surface area contributed by atoms with Crippen LogP contribution >= 0.6 is 11.6 Å². The molecule has 1 heterocycles. The second-order valence-electron chi connectivity index (χ2n) is 6.28. The number of rotatable bonds is 7. The molecule has 0 atom stereocenters. The first-order valence-electron chi connectivity index (χ1n) is 7.46. The highest BCUT2D eigenvalue weighted by molar-refractivity contribution is 6.33. The van der Waals surface area contributed by atoms with E-state index in [-0.39, 0.29) is 17.0 Å². The third-order valence-electron chi connectivity index (χ3n) is 3.88. The van der Waals surface area contributed by atoms with E-state index in [1.807, 2.05) is 0 Å². The van der Waals surface area contributed by atoms with Crippen LogP contribution in [0.25, 0.3) is 0 Å². The van der Waals surface area contributed by atoms with E-state index in [1.54, 1.807) is 12.1 Å². The molecule has 118 valence electrons. The number of anilines is 1. The molecular weight excluding hydrogens is 286 g/mol. The third kappa shape index (κ3) is 5.20. The molecule has 0 aliphatic carbocycles. The van der Waals surface area contributed by atoms with Crippen LogP contribution < -0.4 is 10.6 Å². The molecule has 0 aliphatic heterocycles. The van der Waals surface area contributed by atoms with Gasteiger partial charge in [0.05, 0.1) is 5.02 Å². The predicted molar refractivity (Wildman–Crippen MR) is 89.0 cm³/mol. The van der Waals surface area contributed by atoms with Crippen LogP contribution in [0.15, 0.2) is 12.1 Å². The summed E-state index contributed by atoms with van der Waals surface area (Å²) in [5, 5.41) is 6.46. The number of halogens is 1. The van der Waals surface area contributed by atoms with Crippen LogP contribution in [0.3, 0.4) is 0 Å². The number of nitrogens with zero attached hydrogens (tertiary/aromatic N) is 1. The number of aromatic nitrogens is 1. The molecule has 1 aromatic rings. The van der Waals surface area contributed by atoms with Crippen molar-refractivity contribution in [2.24, 2.45) is 11.3 Å². The Bertz CT molecular complexity index is 486. The van der Waals surface area contributed by atoms with Gasteiger partial charge in [0.1, 0.15) is 11.5 Å². The van der Waals surface area contributed by atoms with Crippen LogP contribution in [0.2, 0.25) is 5.02 Å². The Labute approximate surface area is 132 Å². The van der Waals surface area contributed by atoms with Crippen molar-refractivity contribution in [3.63, 3.8) is 0 Å². The molecular formula is C16H26ClN3O. The molecule has 21 heavy (non-hydrogen) atoms. The average molecular weight is 312 g/mol. The molecule has 4 nitrogen and oxygen atoms in total. The molecule has 2 N–H and O–H groups in total. The number of carbonyl (C=O) groups excluding carboxylic acids is 1. The monoisotopic (exact) mass is 311 g/mol.